The van der Waals surface area contributed by atoms with E-state index < -0.39 is 11.9 Å². The third-order valence-corrected chi connectivity index (χ3v) is 3.42. The first-order valence-corrected chi connectivity index (χ1v) is 6.78. The van der Waals surface area contributed by atoms with Crippen molar-refractivity contribution < 1.29 is 14.7 Å². The van der Waals surface area contributed by atoms with Gasteiger partial charge in [0.15, 0.2) is 0 Å². The lowest BCUT2D eigenvalue weighted by molar-refractivity contribution is 0.0695. The van der Waals surface area contributed by atoms with E-state index in [4.69, 9.17) is 0 Å². The highest BCUT2D eigenvalue weighted by Gasteiger charge is 2.19. The van der Waals surface area contributed by atoms with Gasteiger partial charge in [-0.3, -0.25) is 4.79 Å². The Morgan fingerprint density at radius 2 is 1.50 bits per heavy atom. The van der Waals surface area contributed by atoms with Crippen LogP contribution in [0.2, 0.25) is 0 Å². The second-order valence-electron chi connectivity index (χ2n) is 4.83. The van der Waals surface area contributed by atoms with E-state index in [0.717, 1.165) is 5.39 Å². The molecule has 0 unspecified atom stereocenters. The normalized spacial score (nSPS) is 10.4. The highest BCUT2D eigenvalue weighted by molar-refractivity contribution is 6.16. The molecule has 0 aliphatic rings. The van der Waals surface area contributed by atoms with Gasteiger partial charge in [0.25, 0.3) is 5.91 Å². The fourth-order valence-corrected chi connectivity index (χ4v) is 2.41. The van der Waals surface area contributed by atoms with Crippen molar-refractivity contribution in [3.63, 3.8) is 0 Å². The number of carboxylic acids is 1. The average molecular weight is 291 g/mol. The Bertz CT molecular complexity index is 857. The largest absolute Gasteiger partial charge is 0.478 e. The molecule has 0 saturated heterocycles. The summed E-state index contributed by atoms with van der Waals surface area (Å²) >= 11 is 0. The molecule has 0 bridgehead atoms. The van der Waals surface area contributed by atoms with Crippen molar-refractivity contribution in [2.45, 2.75) is 0 Å². The minimum Gasteiger partial charge on any atom is -0.478 e. The Kier molecular flexibility index (Phi) is 3.58. The molecule has 0 radical (unpaired) electrons. The molecule has 0 aliphatic heterocycles. The molecular weight excluding hydrogens is 278 g/mol. The highest BCUT2D eigenvalue weighted by Crippen LogP contribution is 2.23. The molecule has 2 N–H and O–H groups in total. The molecule has 3 aromatic carbocycles. The Balaban J connectivity index is 2.08. The molecule has 0 saturated carbocycles. The zero-order valence-electron chi connectivity index (χ0n) is 11.6. The second kappa shape index (κ2) is 5.69. The molecule has 3 rings (SSSR count). The number of benzene rings is 3. The average Bonchev–Trinajstić information content (AvgIpc) is 2.54. The quantitative estimate of drug-likeness (QED) is 0.771. The fraction of sp³-hybridized carbons (Fsp3) is 0. The van der Waals surface area contributed by atoms with Crippen molar-refractivity contribution >= 4 is 28.3 Å². The summed E-state index contributed by atoms with van der Waals surface area (Å²) in [6.07, 6.45) is 0. The highest BCUT2D eigenvalue weighted by atomic mass is 16.4. The molecule has 1 amide bonds. The second-order valence-corrected chi connectivity index (χ2v) is 4.83. The maximum atomic E-state index is 12.4. The van der Waals surface area contributed by atoms with E-state index in [2.05, 4.69) is 5.32 Å². The van der Waals surface area contributed by atoms with Gasteiger partial charge >= 0.3 is 5.97 Å². The molecular formula is C18H13NO3. The van der Waals surface area contributed by atoms with E-state index in [9.17, 15) is 14.7 Å². The van der Waals surface area contributed by atoms with E-state index in [1.165, 1.54) is 0 Å². The molecule has 0 atom stereocenters. The number of carbonyl (C=O) groups is 2. The first-order chi connectivity index (χ1) is 10.7. The van der Waals surface area contributed by atoms with Crippen LogP contribution in [0, 0.1) is 0 Å². The van der Waals surface area contributed by atoms with E-state index in [1.54, 1.807) is 48.5 Å². The lowest BCUT2D eigenvalue weighted by Crippen LogP contribution is -2.16. The van der Waals surface area contributed by atoms with Crippen LogP contribution in [-0.4, -0.2) is 17.0 Å². The summed E-state index contributed by atoms with van der Waals surface area (Å²) < 4.78 is 0. The molecule has 4 heteroatoms. The zero-order chi connectivity index (χ0) is 15.5. The first-order valence-electron chi connectivity index (χ1n) is 6.78. The summed E-state index contributed by atoms with van der Waals surface area (Å²) in [6, 6.07) is 19.4. The van der Waals surface area contributed by atoms with Gasteiger partial charge < -0.3 is 10.4 Å². The van der Waals surface area contributed by atoms with Crippen LogP contribution in [0.4, 0.5) is 5.69 Å². The van der Waals surface area contributed by atoms with Crippen LogP contribution < -0.4 is 5.32 Å². The smallest absolute Gasteiger partial charge is 0.337 e. The van der Waals surface area contributed by atoms with Gasteiger partial charge in [0.05, 0.1) is 11.1 Å². The number of hydrogen-bond acceptors (Lipinski definition) is 2. The van der Waals surface area contributed by atoms with Crippen LogP contribution in [0.25, 0.3) is 10.8 Å². The van der Waals surface area contributed by atoms with Crippen molar-refractivity contribution in [1.29, 1.82) is 0 Å². The third kappa shape index (κ3) is 2.54. The summed E-state index contributed by atoms with van der Waals surface area (Å²) in [5.41, 5.74) is 0.790. The molecule has 0 aliphatic carbocycles. The van der Waals surface area contributed by atoms with Crippen molar-refractivity contribution in [3.8, 4) is 0 Å². The van der Waals surface area contributed by atoms with Gasteiger partial charge in [0.1, 0.15) is 0 Å². The number of hydrogen-bond donors (Lipinski definition) is 2. The zero-order valence-corrected chi connectivity index (χ0v) is 11.6. The van der Waals surface area contributed by atoms with Crippen LogP contribution in [0.1, 0.15) is 20.7 Å². The molecule has 22 heavy (non-hydrogen) atoms. The van der Waals surface area contributed by atoms with Gasteiger partial charge in [-0.1, -0.05) is 48.5 Å². The lowest BCUT2D eigenvalue weighted by Gasteiger charge is -2.10. The van der Waals surface area contributed by atoms with E-state index >= 15 is 0 Å². The number of nitrogens with one attached hydrogen (secondary N) is 1. The summed E-state index contributed by atoms with van der Waals surface area (Å²) in [4.78, 5) is 24.0. The number of carbonyl (C=O) groups excluding carboxylic acids is 1. The number of aromatic carboxylic acids is 1. The van der Waals surface area contributed by atoms with Gasteiger partial charge in [-0.15, -0.1) is 0 Å². The summed E-state index contributed by atoms with van der Waals surface area (Å²) in [6.45, 7) is 0. The summed E-state index contributed by atoms with van der Waals surface area (Å²) in [7, 11) is 0. The fourth-order valence-electron chi connectivity index (χ4n) is 2.41. The SMILES string of the molecule is O=C(Nc1ccccc1)c1ccc2ccccc2c1C(=O)O. The van der Waals surface area contributed by atoms with Gasteiger partial charge in [0, 0.05) is 5.69 Å². The minimum absolute atomic E-state index is 0.0199. The van der Waals surface area contributed by atoms with E-state index in [-0.39, 0.29) is 11.1 Å². The molecule has 4 nitrogen and oxygen atoms in total. The number of anilines is 1. The lowest BCUT2D eigenvalue weighted by atomic mass is 9.98. The number of fused-ring (bicyclic) bond motifs is 1. The maximum absolute atomic E-state index is 12.4. The first kappa shape index (κ1) is 13.8. The third-order valence-electron chi connectivity index (χ3n) is 3.42. The molecule has 3 aromatic rings. The van der Waals surface area contributed by atoms with Crippen LogP contribution in [-0.2, 0) is 0 Å². The Labute approximate surface area is 127 Å². The molecule has 0 aromatic heterocycles. The van der Waals surface area contributed by atoms with E-state index in [1.807, 2.05) is 18.2 Å². The number of rotatable bonds is 3. The van der Waals surface area contributed by atoms with Gasteiger partial charge in [-0.05, 0) is 29.0 Å². The van der Waals surface area contributed by atoms with Gasteiger partial charge in [-0.25, -0.2) is 4.79 Å². The predicted molar refractivity (Wildman–Crippen MR) is 85.3 cm³/mol. The Hall–Kier alpha value is -3.14. The molecule has 108 valence electrons. The van der Waals surface area contributed by atoms with Gasteiger partial charge in [0.2, 0.25) is 0 Å². The van der Waals surface area contributed by atoms with Crippen molar-refractivity contribution in [3.05, 3.63) is 77.9 Å². The van der Waals surface area contributed by atoms with E-state index in [0.29, 0.717) is 11.1 Å². The van der Waals surface area contributed by atoms with Crippen LogP contribution in [0.5, 0.6) is 0 Å². The van der Waals surface area contributed by atoms with Crippen LogP contribution in [0.15, 0.2) is 66.7 Å². The summed E-state index contributed by atoms with van der Waals surface area (Å²) in [5.74, 6) is -1.55. The molecule has 0 spiro atoms. The molecule has 0 heterocycles. The number of para-hydroxylation sites is 1. The maximum Gasteiger partial charge on any atom is 0.337 e. The van der Waals surface area contributed by atoms with Crippen LogP contribution in [0.3, 0.4) is 0 Å². The predicted octanol–water partition coefficient (Wildman–Crippen LogP) is 3.79. The van der Waals surface area contributed by atoms with Gasteiger partial charge in [-0.2, -0.15) is 0 Å². The monoisotopic (exact) mass is 291 g/mol. The minimum atomic E-state index is -1.12. The standard InChI is InChI=1S/C18H13NO3/c20-17(19-13-7-2-1-3-8-13)15-11-10-12-6-4-5-9-14(12)16(15)18(21)22/h1-11H,(H,19,20)(H,21,22). The number of amides is 1. The van der Waals surface area contributed by atoms with Crippen molar-refractivity contribution in [2.75, 3.05) is 5.32 Å². The summed E-state index contributed by atoms with van der Waals surface area (Å²) in [5, 5.41) is 13.6. The van der Waals surface area contributed by atoms with Crippen LogP contribution >= 0.6 is 0 Å². The van der Waals surface area contributed by atoms with Crippen molar-refractivity contribution in [2.24, 2.45) is 0 Å². The molecule has 0 fully saturated rings. The number of carboxylic acid groups (broad SMARTS) is 1. The topological polar surface area (TPSA) is 66.4 Å². The Morgan fingerprint density at radius 3 is 2.23 bits per heavy atom. The van der Waals surface area contributed by atoms with Crippen molar-refractivity contribution in [1.82, 2.24) is 0 Å². The Morgan fingerprint density at radius 1 is 0.818 bits per heavy atom.